The maximum atomic E-state index is 12.9. The third-order valence-corrected chi connectivity index (χ3v) is 5.91. The van der Waals surface area contributed by atoms with Gasteiger partial charge in [-0.1, -0.05) is 61.4 Å². The number of likely N-dealkylation sites (N-methyl/N-ethyl adjacent to an activating group) is 1. The van der Waals surface area contributed by atoms with Crippen LogP contribution in [0.1, 0.15) is 38.5 Å². The minimum Gasteiger partial charge on any atom is -0.489 e. The van der Waals surface area contributed by atoms with Crippen molar-refractivity contribution in [3.05, 3.63) is 28.2 Å². The number of nitrogens with two attached hydrogens (primary N) is 1. The first-order valence-corrected chi connectivity index (χ1v) is 9.39. The highest BCUT2D eigenvalue weighted by Gasteiger charge is 2.48. The summed E-state index contributed by atoms with van der Waals surface area (Å²) in [4.78, 5) is 18.8. The monoisotopic (exact) mass is 383 g/mol. The van der Waals surface area contributed by atoms with E-state index in [4.69, 9.17) is 33.7 Å². The van der Waals surface area contributed by atoms with Crippen molar-refractivity contribution in [2.75, 3.05) is 13.7 Å². The fraction of sp³-hybridized carbons (Fsp3) is 0.556. The summed E-state index contributed by atoms with van der Waals surface area (Å²) in [5.74, 6) is 1.03. The molecule has 1 saturated carbocycles. The topological polar surface area (TPSA) is 67.9 Å². The van der Waals surface area contributed by atoms with E-state index < -0.39 is 5.54 Å². The van der Waals surface area contributed by atoms with Crippen LogP contribution in [0.15, 0.2) is 23.2 Å². The Labute approximate surface area is 158 Å². The van der Waals surface area contributed by atoms with Crippen LogP contribution in [0.3, 0.4) is 0 Å². The van der Waals surface area contributed by atoms with E-state index in [2.05, 4.69) is 4.99 Å². The molecular formula is C18H23Cl2N3O2. The summed E-state index contributed by atoms with van der Waals surface area (Å²) in [6, 6.07) is 5.19. The number of hydrogen-bond donors (Lipinski definition) is 1. The number of carbonyl (C=O) groups excluding carboxylic acids is 1. The molecule has 0 saturated heterocycles. The Morgan fingerprint density at radius 3 is 2.68 bits per heavy atom. The number of halogens is 2. The third kappa shape index (κ3) is 3.72. The molecule has 0 spiro atoms. The number of hydrogen-bond acceptors (Lipinski definition) is 4. The second-order valence-electron chi connectivity index (χ2n) is 6.91. The predicted molar refractivity (Wildman–Crippen MR) is 100 cm³/mol. The van der Waals surface area contributed by atoms with Gasteiger partial charge in [0.2, 0.25) is 0 Å². The Balaban J connectivity index is 1.82. The van der Waals surface area contributed by atoms with Crippen molar-refractivity contribution in [3.63, 3.8) is 0 Å². The highest BCUT2D eigenvalue weighted by molar-refractivity contribution is 6.42. The van der Waals surface area contributed by atoms with Crippen molar-refractivity contribution >= 4 is 35.1 Å². The molecular weight excluding hydrogens is 361 g/mol. The van der Waals surface area contributed by atoms with Gasteiger partial charge in [-0.15, -0.1) is 0 Å². The molecule has 0 radical (unpaired) electrons. The van der Waals surface area contributed by atoms with Gasteiger partial charge in [-0.3, -0.25) is 9.69 Å². The average molecular weight is 384 g/mol. The minimum absolute atomic E-state index is 0.105. The molecule has 3 rings (SSSR count). The van der Waals surface area contributed by atoms with Crippen molar-refractivity contribution in [1.29, 1.82) is 0 Å². The van der Waals surface area contributed by atoms with E-state index >= 15 is 0 Å². The lowest BCUT2D eigenvalue weighted by Crippen LogP contribution is -2.47. The number of ether oxygens (including phenoxy) is 1. The summed E-state index contributed by atoms with van der Waals surface area (Å²) in [5.41, 5.74) is 4.95. The molecule has 5 nitrogen and oxygen atoms in total. The number of benzene rings is 1. The molecule has 1 aromatic carbocycles. The number of guanidine groups is 1. The fourth-order valence-corrected chi connectivity index (χ4v) is 4.05. The first-order chi connectivity index (χ1) is 11.9. The van der Waals surface area contributed by atoms with Crippen LogP contribution in [0.25, 0.3) is 0 Å². The van der Waals surface area contributed by atoms with Gasteiger partial charge in [0.1, 0.15) is 17.4 Å². The quantitative estimate of drug-likeness (QED) is 0.838. The second-order valence-corrected chi connectivity index (χ2v) is 7.70. The van der Waals surface area contributed by atoms with Crippen LogP contribution in [-0.2, 0) is 4.79 Å². The zero-order valence-corrected chi connectivity index (χ0v) is 15.8. The smallest absolute Gasteiger partial charge is 0.260 e. The van der Waals surface area contributed by atoms with Gasteiger partial charge in [0.15, 0.2) is 11.5 Å². The number of rotatable bonds is 5. The van der Waals surface area contributed by atoms with Crippen LogP contribution in [-0.4, -0.2) is 36.0 Å². The molecule has 1 atom stereocenters. The van der Waals surface area contributed by atoms with Gasteiger partial charge in [0.25, 0.3) is 5.91 Å². The van der Waals surface area contributed by atoms with Crippen LogP contribution >= 0.6 is 23.2 Å². The molecule has 136 valence electrons. The lowest BCUT2D eigenvalue weighted by atomic mass is 9.79. The molecule has 1 aromatic rings. The molecule has 1 fully saturated rings. The molecule has 0 aromatic heterocycles. The first-order valence-electron chi connectivity index (χ1n) is 8.63. The minimum atomic E-state index is -0.980. The number of carbonyl (C=O) groups is 1. The zero-order chi connectivity index (χ0) is 18.0. The fourth-order valence-electron chi connectivity index (χ4n) is 3.71. The van der Waals surface area contributed by atoms with Gasteiger partial charge in [-0.2, -0.15) is 0 Å². The molecule has 1 aliphatic heterocycles. The summed E-state index contributed by atoms with van der Waals surface area (Å²) in [6.07, 6.45) is 6.54. The van der Waals surface area contributed by atoms with Crippen molar-refractivity contribution in [3.8, 4) is 5.75 Å². The standard InChI is InChI=1S/C18H23Cl2N3O2/c1-23-16(24)18(22-17(23)21,10-12-6-3-2-4-7-12)11-25-14-9-5-8-13(19)15(14)20/h5,8-9,12H,2-4,6-7,10-11H2,1H3,(H2,21,22). The van der Waals surface area contributed by atoms with Gasteiger partial charge in [-0.25, -0.2) is 4.99 Å². The highest BCUT2D eigenvalue weighted by atomic mass is 35.5. The maximum Gasteiger partial charge on any atom is 0.260 e. The average Bonchev–Trinajstić information content (AvgIpc) is 2.81. The van der Waals surface area contributed by atoms with E-state index in [1.165, 1.54) is 24.2 Å². The Hall–Kier alpha value is -1.46. The SMILES string of the molecule is CN1C(=O)C(COc2cccc(Cl)c2Cl)(CC2CCCCC2)N=C1N. The van der Waals surface area contributed by atoms with Gasteiger partial charge >= 0.3 is 0 Å². The molecule has 1 heterocycles. The normalized spacial score (nSPS) is 24.5. The zero-order valence-electron chi connectivity index (χ0n) is 14.3. The Bertz CT molecular complexity index is 689. The lowest BCUT2D eigenvalue weighted by molar-refractivity contribution is -0.132. The Morgan fingerprint density at radius 2 is 2.04 bits per heavy atom. The molecule has 2 N–H and O–H groups in total. The summed E-state index contributed by atoms with van der Waals surface area (Å²) in [7, 11) is 1.65. The van der Waals surface area contributed by atoms with E-state index in [9.17, 15) is 4.79 Å². The molecule has 1 aliphatic carbocycles. The lowest BCUT2D eigenvalue weighted by Gasteiger charge is -2.31. The summed E-state index contributed by atoms with van der Waals surface area (Å²) in [5, 5.41) is 0.756. The number of amides is 1. The predicted octanol–water partition coefficient (Wildman–Crippen LogP) is 3.87. The summed E-state index contributed by atoms with van der Waals surface area (Å²) in [6.45, 7) is 0.105. The molecule has 7 heteroatoms. The van der Waals surface area contributed by atoms with E-state index in [1.807, 2.05) is 0 Å². The van der Waals surface area contributed by atoms with Crippen LogP contribution in [0.4, 0.5) is 0 Å². The van der Waals surface area contributed by atoms with Gasteiger partial charge < -0.3 is 10.5 Å². The highest BCUT2D eigenvalue weighted by Crippen LogP contribution is 2.37. The van der Waals surface area contributed by atoms with Crippen LogP contribution in [0.2, 0.25) is 10.0 Å². The van der Waals surface area contributed by atoms with Crippen LogP contribution in [0.5, 0.6) is 5.75 Å². The molecule has 0 bridgehead atoms. The summed E-state index contributed by atoms with van der Waals surface area (Å²) >= 11 is 12.2. The van der Waals surface area contributed by atoms with Crippen LogP contribution in [0, 0.1) is 5.92 Å². The molecule has 25 heavy (non-hydrogen) atoms. The largest absolute Gasteiger partial charge is 0.489 e. The van der Waals surface area contributed by atoms with E-state index in [0.717, 1.165) is 12.8 Å². The molecule has 1 amide bonds. The van der Waals surface area contributed by atoms with Crippen LogP contribution < -0.4 is 10.5 Å². The molecule has 1 unspecified atom stereocenters. The molecule has 2 aliphatic rings. The van der Waals surface area contributed by atoms with Crippen molar-refractivity contribution in [2.45, 2.75) is 44.1 Å². The Morgan fingerprint density at radius 1 is 1.32 bits per heavy atom. The van der Waals surface area contributed by atoms with Crippen molar-refractivity contribution < 1.29 is 9.53 Å². The van der Waals surface area contributed by atoms with Crippen molar-refractivity contribution in [1.82, 2.24) is 4.90 Å². The third-order valence-electron chi connectivity index (χ3n) is 5.11. The van der Waals surface area contributed by atoms with E-state index in [-0.39, 0.29) is 18.5 Å². The number of aliphatic imine (C=N–C) groups is 1. The Kier molecular flexibility index (Phi) is 5.44. The maximum absolute atomic E-state index is 12.9. The second kappa shape index (κ2) is 7.42. The van der Waals surface area contributed by atoms with Gasteiger partial charge in [-0.05, 0) is 24.5 Å². The van der Waals surface area contributed by atoms with E-state index in [0.29, 0.717) is 28.1 Å². The van der Waals surface area contributed by atoms with Gasteiger partial charge in [0.05, 0.1) is 5.02 Å². The number of nitrogens with zero attached hydrogens (tertiary/aromatic N) is 2. The first kappa shape index (κ1) is 18.3. The summed E-state index contributed by atoms with van der Waals surface area (Å²) < 4.78 is 5.89. The van der Waals surface area contributed by atoms with E-state index in [1.54, 1.807) is 25.2 Å². The van der Waals surface area contributed by atoms with Gasteiger partial charge in [0, 0.05) is 7.05 Å². The van der Waals surface area contributed by atoms with Crippen molar-refractivity contribution in [2.24, 2.45) is 16.6 Å².